The lowest BCUT2D eigenvalue weighted by molar-refractivity contribution is 0.785. The molecule has 0 aliphatic rings. The average Bonchev–Trinajstić information content (AvgIpc) is 2.87. The van der Waals surface area contributed by atoms with Crippen LogP contribution in [0.5, 0.6) is 0 Å². The van der Waals surface area contributed by atoms with Crippen LogP contribution < -0.4 is 16.4 Å². The monoisotopic (exact) mass is 298 g/mol. The lowest BCUT2D eigenvalue weighted by Crippen LogP contribution is -2.16. The van der Waals surface area contributed by atoms with Crippen LogP contribution in [0.4, 0.5) is 17.5 Å². The van der Waals surface area contributed by atoms with Crippen molar-refractivity contribution in [2.24, 2.45) is 7.05 Å². The molecule has 3 aromatic heterocycles. The van der Waals surface area contributed by atoms with Crippen molar-refractivity contribution in [3.05, 3.63) is 30.2 Å². The highest BCUT2D eigenvalue weighted by Gasteiger charge is 2.08. The van der Waals surface area contributed by atoms with Gasteiger partial charge >= 0.3 is 0 Å². The Labute approximate surface area is 127 Å². The molecule has 0 aliphatic heterocycles. The molecular weight excluding hydrogens is 280 g/mol. The molecule has 4 N–H and O–H groups in total. The summed E-state index contributed by atoms with van der Waals surface area (Å²) in [4.78, 5) is 12.7. The van der Waals surface area contributed by atoms with E-state index in [1.807, 2.05) is 26.2 Å². The standard InChI is InChI=1S/C14H18N8/c1-9-7-16-4-3-11(9)17-5-6-18-14-20-12(15)10-8-19-22(2)13(10)21-14/h3-4,7-8H,5-6H2,1-2H3,(H,16,17)(H3,15,18,20,21). The van der Waals surface area contributed by atoms with Gasteiger partial charge in [-0.15, -0.1) is 0 Å². The molecule has 0 saturated heterocycles. The van der Waals surface area contributed by atoms with E-state index in [0.717, 1.165) is 23.2 Å². The molecule has 0 fully saturated rings. The summed E-state index contributed by atoms with van der Waals surface area (Å²) in [5, 5.41) is 11.4. The second kappa shape index (κ2) is 5.84. The molecule has 0 bridgehead atoms. The van der Waals surface area contributed by atoms with Gasteiger partial charge in [0.15, 0.2) is 5.65 Å². The summed E-state index contributed by atoms with van der Waals surface area (Å²) in [6.45, 7) is 3.42. The van der Waals surface area contributed by atoms with Crippen LogP contribution in [0, 0.1) is 6.92 Å². The number of nitrogen functional groups attached to an aromatic ring is 1. The molecule has 8 nitrogen and oxygen atoms in total. The van der Waals surface area contributed by atoms with E-state index in [0.29, 0.717) is 24.0 Å². The lowest BCUT2D eigenvalue weighted by atomic mass is 10.2. The highest BCUT2D eigenvalue weighted by atomic mass is 15.3. The summed E-state index contributed by atoms with van der Waals surface area (Å²) in [5.74, 6) is 0.931. The minimum atomic E-state index is 0.429. The molecule has 22 heavy (non-hydrogen) atoms. The summed E-state index contributed by atoms with van der Waals surface area (Å²) in [7, 11) is 1.83. The largest absolute Gasteiger partial charge is 0.383 e. The first-order valence-corrected chi connectivity index (χ1v) is 6.98. The van der Waals surface area contributed by atoms with Crippen molar-refractivity contribution in [3.8, 4) is 0 Å². The molecule has 0 spiro atoms. The molecule has 0 unspecified atom stereocenters. The maximum absolute atomic E-state index is 5.92. The van der Waals surface area contributed by atoms with Crippen LogP contribution >= 0.6 is 0 Å². The fourth-order valence-electron chi connectivity index (χ4n) is 2.17. The quantitative estimate of drug-likeness (QED) is 0.607. The number of nitrogens with two attached hydrogens (primary N) is 1. The number of anilines is 3. The second-order valence-corrected chi connectivity index (χ2v) is 4.98. The Bertz CT molecular complexity index is 795. The maximum Gasteiger partial charge on any atom is 0.226 e. The molecule has 0 aromatic carbocycles. The van der Waals surface area contributed by atoms with Crippen molar-refractivity contribution in [1.82, 2.24) is 24.7 Å². The molecular formula is C14H18N8. The Kier molecular flexibility index (Phi) is 3.73. The molecule has 3 aromatic rings. The van der Waals surface area contributed by atoms with Crippen LogP contribution in [0.3, 0.4) is 0 Å². The summed E-state index contributed by atoms with van der Waals surface area (Å²) in [6, 6.07) is 1.95. The smallest absolute Gasteiger partial charge is 0.226 e. The first-order valence-electron chi connectivity index (χ1n) is 6.98. The first kappa shape index (κ1) is 14.1. The van der Waals surface area contributed by atoms with Crippen molar-refractivity contribution in [2.45, 2.75) is 6.92 Å². The topological polar surface area (TPSA) is 107 Å². The van der Waals surface area contributed by atoms with Crippen molar-refractivity contribution in [1.29, 1.82) is 0 Å². The van der Waals surface area contributed by atoms with E-state index in [9.17, 15) is 0 Å². The minimum Gasteiger partial charge on any atom is -0.383 e. The zero-order valence-electron chi connectivity index (χ0n) is 12.5. The lowest BCUT2D eigenvalue weighted by Gasteiger charge is -2.10. The van der Waals surface area contributed by atoms with Gasteiger partial charge < -0.3 is 16.4 Å². The van der Waals surface area contributed by atoms with Crippen LogP contribution in [-0.2, 0) is 7.05 Å². The van der Waals surface area contributed by atoms with Crippen LogP contribution in [-0.4, -0.2) is 37.8 Å². The highest BCUT2D eigenvalue weighted by Crippen LogP contribution is 2.18. The Morgan fingerprint density at radius 1 is 1.18 bits per heavy atom. The van der Waals surface area contributed by atoms with Crippen molar-refractivity contribution < 1.29 is 0 Å². The Balaban J connectivity index is 1.62. The van der Waals surface area contributed by atoms with Crippen LogP contribution in [0.25, 0.3) is 11.0 Å². The normalized spacial score (nSPS) is 10.8. The predicted octanol–water partition coefficient (Wildman–Crippen LogP) is 1.17. The van der Waals surface area contributed by atoms with Gasteiger partial charge in [0.05, 0.1) is 11.6 Å². The third-order valence-corrected chi connectivity index (χ3v) is 3.37. The molecule has 0 aliphatic carbocycles. The van der Waals surface area contributed by atoms with E-state index >= 15 is 0 Å². The number of nitrogens with one attached hydrogen (secondary N) is 2. The van der Waals surface area contributed by atoms with E-state index in [1.165, 1.54) is 0 Å². The third kappa shape index (κ3) is 2.76. The van der Waals surface area contributed by atoms with Gasteiger partial charge in [-0.25, -0.2) is 0 Å². The fourth-order valence-corrected chi connectivity index (χ4v) is 2.17. The van der Waals surface area contributed by atoms with Crippen LogP contribution in [0.1, 0.15) is 5.56 Å². The SMILES string of the molecule is Cc1cnccc1NCCNc1nc(N)c2cnn(C)c2n1. The van der Waals surface area contributed by atoms with Gasteiger partial charge in [0.25, 0.3) is 0 Å². The second-order valence-electron chi connectivity index (χ2n) is 4.98. The van der Waals surface area contributed by atoms with E-state index < -0.39 is 0 Å². The molecule has 3 rings (SSSR count). The molecule has 0 atom stereocenters. The highest BCUT2D eigenvalue weighted by molar-refractivity contribution is 5.86. The van der Waals surface area contributed by atoms with Crippen molar-refractivity contribution in [3.63, 3.8) is 0 Å². The first-order chi connectivity index (χ1) is 10.6. The number of fused-ring (bicyclic) bond motifs is 1. The van der Waals surface area contributed by atoms with Gasteiger partial charge in [-0.1, -0.05) is 0 Å². The van der Waals surface area contributed by atoms with Gasteiger partial charge in [-0.2, -0.15) is 15.1 Å². The van der Waals surface area contributed by atoms with E-state index in [4.69, 9.17) is 5.73 Å². The Morgan fingerprint density at radius 3 is 2.82 bits per heavy atom. The van der Waals surface area contributed by atoms with Gasteiger partial charge in [0, 0.05) is 38.2 Å². The third-order valence-electron chi connectivity index (χ3n) is 3.37. The number of pyridine rings is 1. The molecule has 8 heteroatoms. The average molecular weight is 298 g/mol. The van der Waals surface area contributed by atoms with Crippen LogP contribution in [0.2, 0.25) is 0 Å². The van der Waals surface area contributed by atoms with E-state index in [2.05, 4.69) is 30.7 Å². The van der Waals surface area contributed by atoms with E-state index in [1.54, 1.807) is 17.1 Å². The number of hydrogen-bond donors (Lipinski definition) is 3. The van der Waals surface area contributed by atoms with Crippen LogP contribution in [0.15, 0.2) is 24.7 Å². The Morgan fingerprint density at radius 2 is 2.00 bits per heavy atom. The molecule has 0 saturated carbocycles. The number of hydrogen-bond acceptors (Lipinski definition) is 7. The molecule has 0 radical (unpaired) electrons. The summed E-state index contributed by atoms with van der Waals surface area (Å²) in [5.41, 5.74) is 8.81. The van der Waals surface area contributed by atoms with Gasteiger partial charge in [0.2, 0.25) is 5.95 Å². The summed E-state index contributed by atoms with van der Waals surface area (Å²) >= 11 is 0. The zero-order valence-corrected chi connectivity index (χ0v) is 12.5. The summed E-state index contributed by atoms with van der Waals surface area (Å²) in [6.07, 6.45) is 5.26. The molecule has 0 amide bonds. The summed E-state index contributed by atoms with van der Waals surface area (Å²) < 4.78 is 1.68. The number of nitrogens with zero attached hydrogens (tertiary/aromatic N) is 5. The zero-order chi connectivity index (χ0) is 15.5. The van der Waals surface area contributed by atoms with Gasteiger partial charge in [0.1, 0.15) is 5.82 Å². The Hall–Kier alpha value is -2.90. The number of aromatic nitrogens is 5. The molecule has 3 heterocycles. The van der Waals surface area contributed by atoms with Gasteiger partial charge in [-0.3, -0.25) is 9.67 Å². The molecule has 114 valence electrons. The van der Waals surface area contributed by atoms with Gasteiger partial charge in [-0.05, 0) is 18.6 Å². The maximum atomic E-state index is 5.92. The number of rotatable bonds is 5. The fraction of sp³-hybridized carbons (Fsp3) is 0.286. The van der Waals surface area contributed by atoms with Crippen molar-refractivity contribution in [2.75, 3.05) is 29.5 Å². The predicted molar refractivity (Wildman–Crippen MR) is 86.7 cm³/mol. The van der Waals surface area contributed by atoms with E-state index in [-0.39, 0.29) is 0 Å². The number of aryl methyl sites for hydroxylation is 2. The van der Waals surface area contributed by atoms with Crippen molar-refractivity contribution >= 4 is 28.5 Å². The minimum absolute atomic E-state index is 0.429.